The molecule has 0 spiro atoms. The van der Waals surface area contributed by atoms with E-state index in [-0.39, 0.29) is 5.91 Å². The molecule has 1 saturated carbocycles. The van der Waals surface area contributed by atoms with Crippen molar-refractivity contribution in [2.24, 2.45) is 11.8 Å². The van der Waals surface area contributed by atoms with E-state index in [9.17, 15) is 4.79 Å². The zero-order chi connectivity index (χ0) is 15.9. The molecule has 1 N–H and O–H groups in total. The Hall–Kier alpha value is -0.670. The highest BCUT2D eigenvalue weighted by molar-refractivity contribution is 7.98. The SMILES string of the molecule is CC1CCCC(NC(=O)CCSCc2ccc(Cl)cc2)C1C. The largest absolute Gasteiger partial charge is 0.353 e. The smallest absolute Gasteiger partial charge is 0.221 e. The average molecular weight is 340 g/mol. The van der Waals surface area contributed by atoms with E-state index in [2.05, 4.69) is 19.2 Å². The maximum atomic E-state index is 12.1. The molecular formula is C18H26ClNOS. The summed E-state index contributed by atoms with van der Waals surface area (Å²) in [7, 11) is 0. The number of hydrogen-bond donors (Lipinski definition) is 1. The minimum absolute atomic E-state index is 0.203. The Labute approximate surface area is 143 Å². The summed E-state index contributed by atoms with van der Waals surface area (Å²) in [4.78, 5) is 12.1. The minimum atomic E-state index is 0.203. The summed E-state index contributed by atoms with van der Waals surface area (Å²) < 4.78 is 0. The Balaban J connectivity index is 1.64. The number of carbonyl (C=O) groups excluding carboxylic acids is 1. The van der Waals surface area contributed by atoms with Crippen LogP contribution in [0.1, 0.15) is 45.1 Å². The zero-order valence-electron chi connectivity index (χ0n) is 13.5. The van der Waals surface area contributed by atoms with Crippen molar-refractivity contribution in [1.29, 1.82) is 0 Å². The van der Waals surface area contributed by atoms with Crippen LogP contribution in [-0.4, -0.2) is 17.7 Å². The van der Waals surface area contributed by atoms with Gasteiger partial charge in [-0.2, -0.15) is 11.8 Å². The monoisotopic (exact) mass is 339 g/mol. The highest BCUT2D eigenvalue weighted by Crippen LogP contribution is 2.29. The van der Waals surface area contributed by atoms with Crippen molar-refractivity contribution in [3.63, 3.8) is 0 Å². The highest BCUT2D eigenvalue weighted by Gasteiger charge is 2.27. The molecule has 1 aliphatic carbocycles. The molecule has 0 aromatic heterocycles. The van der Waals surface area contributed by atoms with Gasteiger partial charge in [-0.15, -0.1) is 0 Å². The molecule has 0 saturated heterocycles. The van der Waals surface area contributed by atoms with Gasteiger partial charge in [0, 0.05) is 29.0 Å². The molecule has 1 fully saturated rings. The van der Waals surface area contributed by atoms with E-state index in [1.165, 1.54) is 18.4 Å². The maximum Gasteiger partial charge on any atom is 0.221 e. The van der Waals surface area contributed by atoms with Gasteiger partial charge in [0.25, 0.3) is 0 Å². The van der Waals surface area contributed by atoms with E-state index in [0.717, 1.165) is 28.9 Å². The second-order valence-electron chi connectivity index (χ2n) is 6.37. The summed E-state index contributed by atoms with van der Waals surface area (Å²) in [5.41, 5.74) is 1.25. The minimum Gasteiger partial charge on any atom is -0.353 e. The van der Waals surface area contributed by atoms with Gasteiger partial charge in [0.15, 0.2) is 0 Å². The van der Waals surface area contributed by atoms with Crippen molar-refractivity contribution in [1.82, 2.24) is 5.32 Å². The molecule has 0 heterocycles. The fourth-order valence-corrected chi connectivity index (χ4v) is 4.03. The molecule has 1 aliphatic rings. The molecule has 3 unspecified atom stereocenters. The first kappa shape index (κ1) is 17.7. The standard InChI is InChI=1S/C18H26ClNOS/c1-13-4-3-5-17(14(13)2)20-18(21)10-11-22-12-15-6-8-16(19)9-7-15/h6-9,13-14,17H,3-5,10-12H2,1-2H3,(H,20,21). The number of thioether (sulfide) groups is 1. The van der Waals surface area contributed by atoms with E-state index < -0.39 is 0 Å². The summed E-state index contributed by atoms with van der Waals surface area (Å²) in [6.45, 7) is 4.56. The van der Waals surface area contributed by atoms with Crippen LogP contribution in [0.3, 0.4) is 0 Å². The molecule has 3 atom stereocenters. The Kier molecular flexibility index (Phi) is 7.10. The fourth-order valence-electron chi connectivity index (χ4n) is 3.00. The van der Waals surface area contributed by atoms with Crippen LogP contribution in [0.2, 0.25) is 5.02 Å². The van der Waals surface area contributed by atoms with Gasteiger partial charge in [-0.1, -0.05) is 50.4 Å². The molecule has 4 heteroatoms. The number of halogens is 1. The molecule has 2 rings (SSSR count). The molecule has 122 valence electrons. The summed E-state index contributed by atoms with van der Waals surface area (Å²) >= 11 is 7.67. The lowest BCUT2D eigenvalue weighted by molar-refractivity contribution is -0.122. The number of benzene rings is 1. The van der Waals surface area contributed by atoms with Crippen molar-refractivity contribution in [2.45, 2.75) is 51.3 Å². The van der Waals surface area contributed by atoms with Crippen LogP contribution in [0, 0.1) is 11.8 Å². The first-order valence-electron chi connectivity index (χ1n) is 8.18. The summed E-state index contributed by atoms with van der Waals surface area (Å²) in [5, 5.41) is 4.00. The van der Waals surface area contributed by atoms with Crippen LogP contribution in [0.25, 0.3) is 0 Å². The molecule has 1 amide bonds. The number of nitrogens with one attached hydrogen (secondary N) is 1. The molecule has 0 radical (unpaired) electrons. The van der Waals surface area contributed by atoms with Gasteiger partial charge in [0.2, 0.25) is 5.91 Å². The van der Waals surface area contributed by atoms with Gasteiger partial charge in [-0.25, -0.2) is 0 Å². The van der Waals surface area contributed by atoms with Gasteiger partial charge in [-0.05, 0) is 36.0 Å². The maximum absolute atomic E-state index is 12.1. The van der Waals surface area contributed by atoms with Crippen molar-refractivity contribution in [2.75, 3.05) is 5.75 Å². The Morgan fingerprint density at radius 3 is 2.73 bits per heavy atom. The number of amides is 1. The third kappa shape index (κ3) is 5.51. The highest BCUT2D eigenvalue weighted by atomic mass is 35.5. The topological polar surface area (TPSA) is 29.1 Å². The van der Waals surface area contributed by atoms with E-state index in [1.807, 2.05) is 24.3 Å². The predicted octanol–water partition coefficient (Wildman–Crippen LogP) is 4.90. The Morgan fingerprint density at radius 2 is 2.00 bits per heavy atom. The van der Waals surface area contributed by atoms with E-state index in [0.29, 0.717) is 18.4 Å². The van der Waals surface area contributed by atoms with E-state index in [1.54, 1.807) is 11.8 Å². The second kappa shape index (κ2) is 8.83. The lowest BCUT2D eigenvalue weighted by Gasteiger charge is -2.34. The number of rotatable bonds is 6. The van der Waals surface area contributed by atoms with Gasteiger partial charge in [0.05, 0.1) is 0 Å². The van der Waals surface area contributed by atoms with Gasteiger partial charge in [0.1, 0.15) is 0 Å². The molecule has 0 bridgehead atoms. The van der Waals surface area contributed by atoms with Crippen molar-refractivity contribution < 1.29 is 4.79 Å². The molecule has 1 aromatic rings. The number of hydrogen-bond acceptors (Lipinski definition) is 2. The molecule has 2 nitrogen and oxygen atoms in total. The first-order chi connectivity index (χ1) is 10.6. The van der Waals surface area contributed by atoms with Gasteiger partial charge in [-0.3, -0.25) is 4.79 Å². The zero-order valence-corrected chi connectivity index (χ0v) is 15.1. The Morgan fingerprint density at radius 1 is 1.27 bits per heavy atom. The lowest BCUT2D eigenvalue weighted by Crippen LogP contribution is -2.43. The summed E-state index contributed by atoms with van der Waals surface area (Å²) in [6, 6.07) is 8.28. The molecule has 22 heavy (non-hydrogen) atoms. The normalized spacial score (nSPS) is 25.0. The second-order valence-corrected chi connectivity index (χ2v) is 7.91. The quantitative estimate of drug-likeness (QED) is 0.746. The van der Waals surface area contributed by atoms with Crippen LogP contribution >= 0.6 is 23.4 Å². The number of carbonyl (C=O) groups is 1. The lowest BCUT2D eigenvalue weighted by atomic mass is 9.78. The third-order valence-corrected chi connectivity index (χ3v) is 5.99. The molecular weight excluding hydrogens is 314 g/mol. The summed E-state index contributed by atoms with van der Waals surface area (Å²) in [5.74, 6) is 3.32. The van der Waals surface area contributed by atoms with Crippen molar-refractivity contribution in [3.05, 3.63) is 34.9 Å². The molecule has 1 aromatic carbocycles. The summed E-state index contributed by atoms with van der Waals surface area (Å²) in [6.07, 6.45) is 4.28. The van der Waals surface area contributed by atoms with Crippen LogP contribution in [-0.2, 0) is 10.5 Å². The average Bonchev–Trinajstić information content (AvgIpc) is 2.50. The van der Waals surface area contributed by atoms with E-state index >= 15 is 0 Å². The third-order valence-electron chi connectivity index (χ3n) is 4.71. The Bertz CT molecular complexity index is 476. The fraction of sp³-hybridized carbons (Fsp3) is 0.611. The predicted molar refractivity (Wildman–Crippen MR) is 96.3 cm³/mol. The van der Waals surface area contributed by atoms with Crippen LogP contribution in [0.15, 0.2) is 24.3 Å². The molecule has 0 aliphatic heterocycles. The van der Waals surface area contributed by atoms with Crippen LogP contribution in [0.5, 0.6) is 0 Å². The van der Waals surface area contributed by atoms with Gasteiger partial charge >= 0.3 is 0 Å². The first-order valence-corrected chi connectivity index (χ1v) is 9.71. The van der Waals surface area contributed by atoms with Crippen molar-refractivity contribution >= 4 is 29.3 Å². The van der Waals surface area contributed by atoms with Gasteiger partial charge < -0.3 is 5.32 Å². The van der Waals surface area contributed by atoms with Crippen LogP contribution < -0.4 is 5.32 Å². The van der Waals surface area contributed by atoms with E-state index in [4.69, 9.17) is 11.6 Å². The van der Waals surface area contributed by atoms with Crippen molar-refractivity contribution in [3.8, 4) is 0 Å². The van der Waals surface area contributed by atoms with Crippen LogP contribution in [0.4, 0.5) is 0 Å².